The lowest BCUT2D eigenvalue weighted by Gasteiger charge is -2.62. The summed E-state index contributed by atoms with van der Waals surface area (Å²) in [4.78, 5) is 14.9. The lowest BCUT2D eigenvalue weighted by atomic mass is 9.54. The number of likely N-dealkylation sites (tertiary alicyclic amines) is 1. The van der Waals surface area contributed by atoms with Gasteiger partial charge in [-0.1, -0.05) is 13.8 Å². The van der Waals surface area contributed by atoms with Crippen molar-refractivity contribution in [1.29, 1.82) is 0 Å². The summed E-state index contributed by atoms with van der Waals surface area (Å²) in [5.74, 6) is -0.536. The quantitative estimate of drug-likeness (QED) is 0.879. The van der Waals surface area contributed by atoms with Crippen LogP contribution in [0.1, 0.15) is 37.0 Å². The number of nitrogens with zero attached hydrogens (tertiary/aromatic N) is 1. The van der Waals surface area contributed by atoms with E-state index in [0.29, 0.717) is 17.5 Å². The highest BCUT2D eigenvalue weighted by Crippen LogP contribution is 2.52. The maximum Gasteiger partial charge on any atom is 0.258 e. The molecule has 1 aliphatic heterocycles. The molecule has 3 atom stereocenters. The maximum atomic E-state index is 13.9. The number of amides is 1. The summed E-state index contributed by atoms with van der Waals surface area (Å²) in [6, 6.07) is 4.27. The zero-order chi connectivity index (χ0) is 16.4. The van der Waals surface area contributed by atoms with Gasteiger partial charge in [0, 0.05) is 29.3 Å². The number of hydrogen-bond acceptors (Lipinski definition) is 3. The standard InChI is InChI=1S/C18H20FNO3/c1-18(2)15-12(16(18)21)4-3-6-20(15)17(22)13-9-11(19)8-10-5-7-23-14(10)13/h5,7-9,12,15-16,21H,3-4,6H2,1-2H3/t12-,15+,16-/m0/s1. The van der Waals surface area contributed by atoms with E-state index in [2.05, 4.69) is 0 Å². The molecule has 0 bridgehead atoms. The summed E-state index contributed by atoms with van der Waals surface area (Å²) in [5, 5.41) is 10.9. The highest BCUT2D eigenvalue weighted by molar-refractivity contribution is 6.05. The third kappa shape index (κ3) is 1.96. The highest BCUT2D eigenvalue weighted by atomic mass is 19.1. The van der Waals surface area contributed by atoms with Crippen molar-refractivity contribution >= 4 is 16.9 Å². The topological polar surface area (TPSA) is 53.7 Å². The van der Waals surface area contributed by atoms with Gasteiger partial charge in [-0.15, -0.1) is 0 Å². The Labute approximate surface area is 133 Å². The second-order valence-electron chi connectivity index (χ2n) is 7.31. The molecule has 2 aliphatic rings. The van der Waals surface area contributed by atoms with E-state index in [1.165, 1.54) is 18.4 Å². The fourth-order valence-corrected chi connectivity index (χ4v) is 4.50. The largest absolute Gasteiger partial charge is 0.464 e. The van der Waals surface area contributed by atoms with Crippen LogP contribution in [0.5, 0.6) is 0 Å². The van der Waals surface area contributed by atoms with Gasteiger partial charge in [-0.25, -0.2) is 4.39 Å². The van der Waals surface area contributed by atoms with Crippen LogP contribution in [0.2, 0.25) is 0 Å². The SMILES string of the molecule is CC1(C)[C@@H](O)[C@H]2CCCN(C(=O)c3cc(F)cc4ccoc34)[C@H]21. The molecule has 0 spiro atoms. The molecule has 1 aromatic carbocycles. The van der Waals surface area contributed by atoms with Crippen LogP contribution in [0.25, 0.3) is 11.0 Å². The van der Waals surface area contributed by atoms with Crippen molar-refractivity contribution in [2.75, 3.05) is 6.54 Å². The first-order valence-corrected chi connectivity index (χ1v) is 8.07. The van der Waals surface area contributed by atoms with E-state index in [9.17, 15) is 14.3 Å². The lowest BCUT2D eigenvalue weighted by molar-refractivity contribution is -0.179. The van der Waals surface area contributed by atoms with Crippen molar-refractivity contribution < 1.29 is 18.7 Å². The molecular formula is C18H20FNO3. The zero-order valence-corrected chi connectivity index (χ0v) is 13.3. The number of carbonyl (C=O) groups excluding carboxylic acids is 1. The average molecular weight is 317 g/mol. The van der Waals surface area contributed by atoms with Crippen LogP contribution >= 0.6 is 0 Å². The first kappa shape index (κ1) is 14.7. The van der Waals surface area contributed by atoms with Gasteiger partial charge in [-0.3, -0.25) is 4.79 Å². The van der Waals surface area contributed by atoms with Gasteiger partial charge in [0.05, 0.1) is 17.9 Å². The number of furan rings is 1. The minimum Gasteiger partial charge on any atom is -0.464 e. The van der Waals surface area contributed by atoms with E-state index in [4.69, 9.17) is 4.42 Å². The van der Waals surface area contributed by atoms with Crippen LogP contribution in [-0.2, 0) is 0 Å². The molecular weight excluding hydrogens is 297 g/mol. The lowest BCUT2D eigenvalue weighted by Crippen LogP contribution is -2.71. The van der Waals surface area contributed by atoms with Crippen LogP contribution in [0, 0.1) is 17.2 Å². The molecule has 1 saturated carbocycles. The number of aliphatic hydroxyl groups excluding tert-OH is 1. The molecule has 1 N–H and O–H groups in total. The van der Waals surface area contributed by atoms with Crippen LogP contribution in [0.3, 0.4) is 0 Å². The van der Waals surface area contributed by atoms with E-state index in [1.54, 1.807) is 11.0 Å². The fourth-order valence-electron chi connectivity index (χ4n) is 4.50. The van der Waals surface area contributed by atoms with Crippen LogP contribution in [-0.4, -0.2) is 34.6 Å². The van der Waals surface area contributed by atoms with Crippen molar-refractivity contribution in [1.82, 2.24) is 4.90 Å². The number of rotatable bonds is 1. The molecule has 1 amide bonds. The van der Waals surface area contributed by atoms with E-state index >= 15 is 0 Å². The van der Waals surface area contributed by atoms with Gasteiger partial charge in [-0.05, 0) is 31.0 Å². The van der Waals surface area contributed by atoms with Crippen molar-refractivity contribution in [3.8, 4) is 0 Å². The number of piperidine rings is 1. The Balaban J connectivity index is 1.74. The van der Waals surface area contributed by atoms with E-state index < -0.39 is 5.82 Å². The summed E-state index contributed by atoms with van der Waals surface area (Å²) in [7, 11) is 0. The first-order chi connectivity index (χ1) is 10.9. The number of fused-ring (bicyclic) bond motifs is 2. The van der Waals surface area contributed by atoms with Gasteiger partial charge in [0.1, 0.15) is 11.4 Å². The smallest absolute Gasteiger partial charge is 0.258 e. The van der Waals surface area contributed by atoms with E-state index in [1.807, 2.05) is 13.8 Å². The van der Waals surface area contributed by atoms with Gasteiger partial charge in [0.25, 0.3) is 5.91 Å². The summed E-state index contributed by atoms with van der Waals surface area (Å²) >= 11 is 0. The minimum absolute atomic E-state index is 0.00738. The Hall–Kier alpha value is -1.88. The predicted molar refractivity (Wildman–Crippen MR) is 83.5 cm³/mol. The number of carbonyl (C=O) groups is 1. The third-order valence-corrected chi connectivity index (χ3v) is 5.62. The fraction of sp³-hybridized carbons (Fsp3) is 0.500. The number of halogens is 1. The first-order valence-electron chi connectivity index (χ1n) is 8.07. The van der Waals surface area contributed by atoms with Crippen molar-refractivity contribution in [3.63, 3.8) is 0 Å². The molecule has 1 saturated heterocycles. The molecule has 122 valence electrons. The number of hydrogen-bond donors (Lipinski definition) is 1. The van der Waals surface area contributed by atoms with Crippen molar-refractivity contribution in [2.24, 2.45) is 11.3 Å². The second-order valence-corrected chi connectivity index (χ2v) is 7.31. The summed E-state index contributed by atoms with van der Waals surface area (Å²) in [5.41, 5.74) is 0.357. The third-order valence-electron chi connectivity index (χ3n) is 5.62. The number of aliphatic hydroxyl groups is 1. The van der Waals surface area contributed by atoms with Crippen LogP contribution in [0.15, 0.2) is 28.9 Å². The highest BCUT2D eigenvalue weighted by Gasteiger charge is 2.60. The molecule has 4 nitrogen and oxygen atoms in total. The van der Waals surface area contributed by atoms with Gasteiger partial charge in [0.15, 0.2) is 0 Å². The molecule has 1 aliphatic carbocycles. The summed E-state index contributed by atoms with van der Waals surface area (Å²) in [6.07, 6.45) is 2.87. The van der Waals surface area contributed by atoms with Gasteiger partial charge in [0.2, 0.25) is 0 Å². The average Bonchev–Trinajstić information content (AvgIpc) is 3.00. The molecule has 2 aromatic rings. The van der Waals surface area contributed by atoms with Gasteiger partial charge >= 0.3 is 0 Å². The monoisotopic (exact) mass is 317 g/mol. The maximum absolute atomic E-state index is 13.9. The normalized spacial score (nSPS) is 29.2. The van der Waals surface area contributed by atoms with Gasteiger partial charge < -0.3 is 14.4 Å². The summed E-state index contributed by atoms with van der Waals surface area (Å²) < 4.78 is 19.3. The zero-order valence-electron chi connectivity index (χ0n) is 13.3. The van der Waals surface area contributed by atoms with E-state index in [0.717, 1.165) is 12.8 Å². The second kappa shape index (κ2) is 4.81. The van der Waals surface area contributed by atoms with Crippen molar-refractivity contribution in [3.05, 3.63) is 35.8 Å². The Morgan fingerprint density at radius 2 is 2.22 bits per heavy atom. The Kier molecular flexibility index (Phi) is 3.07. The van der Waals surface area contributed by atoms with Gasteiger partial charge in [-0.2, -0.15) is 0 Å². The van der Waals surface area contributed by atoms with Crippen molar-refractivity contribution in [2.45, 2.75) is 38.8 Å². The minimum atomic E-state index is -0.441. The molecule has 1 aromatic heterocycles. The number of benzene rings is 1. The molecule has 23 heavy (non-hydrogen) atoms. The molecule has 2 fully saturated rings. The van der Waals surface area contributed by atoms with Crippen LogP contribution in [0.4, 0.5) is 4.39 Å². The molecule has 4 rings (SSSR count). The molecule has 0 unspecified atom stereocenters. The Morgan fingerprint density at radius 1 is 1.43 bits per heavy atom. The van der Waals surface area contributed by atoms with E-state index in [-0.39, 0.29) is 34.9 Å². The molecule has 0 radical (unpaired) electrons. The Morgan fingerprint density at radius 3 is 3.00 bits per heavy atom. The predicted octanol–water partition coefficient (Wildman–Crippen LogP) is 3.19. The molecule has 2 heterocycles. The molecule has 5 heteroatoms. The summed E-state index contributed by atoms with van der Waals surface area (Å²) in [6.45, 7) is 4.60. The van der Waals surface area contributed by atoms with Crippen LogP contribution < -0.4 is 0 Å². The Bertz CT molecular complexity index is 782.